The van der Waals surface area contributed by atoms with Crippen LogP contribution >= 0.6 is 0 Å². The Morgan fingerprint density at radius 3 is 2.87 bits per heavy atom. The molecular formula is C9H10N4O2. The van der Waals surface area contributed by atoms with Crippen molar-refractivity contribution in [3.63, 3.8) is 0 Å². The van der Waals surface area contributed by atoms with Crippen molar-refractivity contribution >= 4 is 11.7 Å². The molecule has 0 amide bonds. The van der Waals surface area contributed by atoms with E-state index in [4.69, 9.17) is 5.11 Å². The average Bonchev–Trinajstić information content (AvgIpc) is 2.46. The lowest BCUT2D eigenvalue weighted by molar-refractivity contribution is -0.136. The van der Waals surface area contributed by atoms with Gasteiger partial charge in [-0.1, -0.05) is 0 Å². The maximum Gasteiger partial charge on any atom is 0.311 e. The minimum Gasteiger partial charge on any atom is -0.481 e. The average molecular weight is 206 g/mol. The minimum atomic E-state index is -0.927. The quantitative estimate of drug-likeness (QED) is 0.767. The van der Waals surface area contributed by atoms with Crippen molar-refractivity contribution in [2.75, 3.05) is 0 Å². The molecule has 6 nitrogen and oxygen atoms in total. The van der Waals surface area contributed by atoms with Gasteiger partial charge >= 0.3 is 5.97 Å². The van der Waals surface area contributed by atoms with Crippen LogP contribution in [0.2, 0.25) is 0 Å². The third kappa shape index (κ3) is 1.65. The molecule has 2 aromatic rings. The Hall–Kier alpha value is -1.98. The van der Waals surface area contributed by atoms with Crippen molar-refractivity contribution in [1.29, 1.82) is 0 Å². The highest BCUT2D eigenvalue weighted by atomic mass is 16.4. The summed E-state index contributed by atoms with van der Waals surface area (Å²) in [7, 11) is 0. The first-order valence-corrected chi connectivity index (χ1v) is 4.48. The van der Waals surface area contributed by atoms with Gasteiger partial charge in [-0.3, -0.25) is 9.20 Å². The van der Waals surface area contributed by atoms with Crippen LogP contribution in [-0.4, -0.2) is 30.7 Å². The largest absolute Gasteiger partial charge is 0.481 e. The highest BCUT2D eigenvalue weighted by Gasteiger charge is 2.12. The van der Waals surface area contributed by atoms with Crippen molar-refractivity contribution in [2.24, 2.45) is 0 Å². The molecule has 0 aliphatic carbocycles. The van der Waals surface area contributed by atoms with E-state index in [-0.39, 0.29) is 6.42 Å². The Morgan fingerprint density at radius 2 is 2.20 bits per heavy atom. The van der Waals surface area contributed by atoms with Crippen LogP contribution in [0.15, 0.2) is 6.07 Å². The molecule has 2 heterocycles. The number of aryl methyl sites for hydroxylation is 2. The Balaban J connectivity index is 2.63. The number of fused-ring (bicyclic) bond motifs is 1. The van der Waals surface area contributed by atoms with E-state index in [1.807, 2.05) is 19.9 Å². The lowest BCUT2D eigenvalue weighted by Crippen LogP contribution is -2.07. The number of aromatic nitrogens is 4. The van der Waals surface area contributed by atoms with E-state index < -0.39 is 5.97 Å². The number of carboxylic acids is 1. The molecule has 2 rings (SSSR count). The van der Waals surface area contributed by atoms with E-state index in [9.17, 15) is 4.79 Å². The molecular weight excluding hydrogens is 196 g/mol. The molecule has 0 aromatic carbocycles. The maximum absolute atomic E-state index is 10.6. The molecule has 0 saturated heterocycles. The molecule has 78 valence electrons. The zero-order valence-electron chi connectivity index (χ0n) is 8.43. The lowest BCUT2D eigenvalue weighted by Gasteiger charge is -2.02. The molecule has 0 saturated carbocycles. The second-order valence-corrected chi connectivity index (χ2v) is 3.36. The fourth-order valence-corrected chi connectivity index (χ4v) is 1.55. The van der Waals surface area contributed by atoms with Gasteiger partial charge in [-0.05, 0) is 19.9 Å². The Kier molecular flexibility index (Phi) is 2.11. The summed E-state index contributed by atoms with van der Waals surface area (Å²) in [5.41, 5.74) is 1.73. The standard InChI is InChI=1S/C9H10N4O2/c1-5-3-6(2)13-7(4-8(14)15)11-12-9(13)10-5/h3H,4H2,1-2H3,(H,14,15). The normalized spacial score (nSPS) is 10.8. The number of hydrogen-bond donors (Lipinski definition) is 1. The first-order valence-electron chi connectivity index (χ1n) is 4.48. The fourth-order valence-electron chi connectivity index (χ4n) is 1.55. The first kappa shape index (κ1) is 9.57. The van der Waals surface area contributed by atoms with E-state index in [1.54, 1.807) is 4.40 Å². The zero-order valence-corrected chi connectivity index (χ0v) is 8.43. The van der Waals surface area contributed by atoms with Gasteiger partial charge in [0.25, 0.3) is 5.78 Å². The molecule has 0 unspecified atom stereocenters. The van der Waals surface area contributed by atoms with Crippen LogP contribution in [0.1, 0.15) is 17.2 Å². The molecule has 0 spiro atoms. The topological polar surface area (TPSA) is 80.4 Å². The second kappa shape index (κ2) is 3.30. The van der Waals surface area contributed by atoms with Gasteiger partial charge < -0.3 is 5.11 Å². The fraction of sp³-hybridized carbons (Fsp3) is 0.333. The monoisotopic (exact) mass is 206 g/mol. The number of hydrogen-bond acceptors (Lipinski definition) is 4. The van der Waals surface area contributed by atoms with Crippen LogP contribution in [-0.2, 0) is 11.2 Å². The van der Waals surface area contributed by atoms with Crippen LogP contribution in [0.4, 0.5) is 0 Å². The van der Waals surface area contributed by atoms with Gasteiger partial charge in [0.1, 0.15) is 12.2 Å². The second-order valence-electron chi connectivity index (χ2n) is 3.36. The van der Waals surface area contributed by atoms with E-state index in [2.05, 4.69) is 15.2 Å². The van der Waals surface area contributed by atoms with Crippen molar-refractivity contribution < 1.29 is 9.90 Å². The van der Waals surface area contributed by atoms with Gasteiger partial charge in [0, 0.05) is 11.4 Å². The number of carboxylic acid groups (broad SMARTS) is 1. The summed E-state index contributed by atoms with van der Waals surface area (Å²) in [6.07, 6.45) is -0.146. The molecule has 0 fully saturated rings. The first-order chi connectivity index (χ1) is 7.08. The van der Waals surface area contributed by atoms with E-state index in [0.717, 1.165) is 11.4 Å². The molecule has 0 aliphatic rings. The summed E-state index contributed by atoms with van der Waals surface area (Å²) in [6, 6.07) is 1.86. The Bertz CT molecular complexity index is 532. The van der Waals surface area contributed by atoms with Crippen LogP contribution in [0.3, 0.4) is 0 Å². The number of nitrogens with zero attached hydrogens (tertiary/aromatic N) is 4. The molecule has 0 aliphatic heterocycles. The van der Waals surface area contributed by atoms with Crippen molar-refractivity contribution in [2.45, 2.75) is 20.3 Å². The SMILES string of the molecule is Cc1cc(C)n2c(CC(=O)O)nnc2n1. The van der Waals surface area contributed by atoms with Crippen LogP contribution in [0, 0.1) is 13.8 Å². The predicted molar refractivity (Wildman–Crippen MR) is 51.6 cm³/mol. The molecule has 15 heavy (non-hydrogen) atoms. The lowest BCUT2D eigenvalue weighted by atomic mass is 10.3. The van der Waals surface area contributed by atoms with Gasteiger partial charge in [0.2, 0.25) is 0 Å². The predicted octanol–water partition coefficient (Wildman–Crippen LogP) is 0.368. The summed E-state index contributed by atoms with van der Waals surface area (Å²) in [6.45, 7) is 3.73. The van der Waals surface area contributed by atoms with Crippen molar-refractivity contribution in [3.8, 4) is 0 Å². The number of carbonyl (C=O) groups is 1. The summed E-state index contributed by atoms with van der Waals surface area (Å²) in [5.74, 6) is -0.0736. The highest BCUT2D eigenvalue weighted by Crippen LogP contribution is 2.08. The van der Waals surface area contributed by atoms with Crippen LogP contribution in [0.5, 0.6) is 0 Å². The molecule has 6 heteroatoms. The number of rotatable bonds is 2. The third-order valence-electron chi connectivity index (χ3n) is 2.07. The smallest absolute Gasteiger partial charge is 0.311 e. The van der Waals surface area contributed by atoms with Gasteiger partial charge in [0.05, 0.1) is 0 Å². The minimum absolute atomic E-state index is 0.146. The van der Waals surface area contributed by atoms with Gasteiger partial charge in [-0.2, -0.15) is 0 Å². The third-order valence-corrected chi connectivity index (χ3v) is 2.07. The maximum atomic E-state index is 10.6. The van der Waals surface area contributed by atoms with Crippen LogP contribution in [0.25, 0.3) is 5.78 Å². The Morgan fingerprint density at radius 1 is 1.47 bits per heavy atom. The van der Waals surface area contributed by atoms with Gasteiger partial charge in [-0.15, -0.1) is 10.2 Å². The summed E-state index contributed by atoms with van der Waals surface area (Å²) >= 11 is 0. The molecule has 2 aromatic heterocycles. The molecule has 0 bridgehead atoms. The highest BCUT2D eigenvalue weighted by molar-refractivity contribution is 5.69. The Labute approximate surface area is 85.6 Å². The van der Waals surface area contributed by atoms with E-state index in [1.165, 1.54) is 0 Å². The zero-order chi connectivity index (χ0) is 11.0. The molecule has 0 atom stereocenters. The van der Waals surface area contributed by atoms with Crippen molar-refractivity contribution in [1.82, 2.24) is 19.6 Å². The van der Waals surface area contributed by atoms with E-state index in [0.29, 0.717) is 11.6 Å². The summed E-state index contributed by atoms with van der Waals surface area (Å²) in [4.78, 5) is 14.7. The summed E-state index contributed by atoms with van der Waals surface area (Å²) < 4.78 is 1.65. The molecule has 0 radical (unpaired) electrons. The molecule has 1 N–H and O–H groups in total. The van der Waals surface area contributed by atoms with Gasteiger partial charge in [0.15, 0.2) is 0 Å². The summed E-state index contributed by atoms with van der Waals surface area (Å²) in [5, 5.41) is 16.3. The van der Waals surface area contributed by atoms with Gasteiger partial charge in [-0.25, -0.2) is 4.98 Å². The van der Waals surface area contributed by atoms with E-state index >= 15 is 0 Å². The van der Waals surface area contributed by atoms with Crippen LogP contribution < -0.4 is 0 Å². The number of aliphatic carboxylic acids is 1. The van der Waals surface area contributed by atoms with Crippen molar-refractivity contribution in [3.05, 3.63) is 23.3 Å².